The molecular weight excluding hydrogens is 342 g/mol. The molecule has 2 rings (SSSR count). The molecule has 1 aliphatic heterocycles. The van der Waals surface area contributed by atoms with Crippen LogP contribution in [0, 0.1) is 17.0 Å². The molecule has 0 aliphatic carbocycles. The summed E-state index contributed by atoms with van der Waals surface area (Å²) in [4.78, 5) is 36.3. The molecule has 0 radical (unpaired) electrons. The van der Waals surface area contributed by atoms with Gasteiger partial charge in [-0.05, 0) is 31.4 Å². The number of aryl methyl sites for hydroxylation is 1. The summed E-state index contributed by atoms with van der Waals surface area (Å²) in [6, 6.07) is 3.07. The molecule has 26 heavy (non-hydrogen) atoms. The van der Waals surface area contributed by atoms with E-state index in [2.05, 4.69) is 14.8 Å². The molecule has 1 aromatic rings. The number of benzene rings is 1. The van der Waals surface area contributed by atoms with E-state index in [-0.39, 0.29) is 11.4 Å². The Morgan fingerprint density at radius 2 is 1.88 bits per heavy atom. The lowest BCUT2D eigenvalue weighted by Crippen LogP contribution is -2.20. The van der Waals surface area contributed by atoms with Gasteiger partial charge in [-0.25, -0.2) is 9.59 Å². The first-order valence-electron chi connectivity index (χ1n) is 8.06. The van der Waals surface area contributed by atoms with Gasteiger partial charge in [-0.3, -0.25) is 10.1 Å². The Bertz CT molecular complexity index is 753. The largest absolute Gasteiger partial charge is 0.466 e. The third-order valence-corrected chi connectivity index (χ3v) is 4.10. The number of hydrogen-bond donors (Lipinski definition) is 1. The lowest BCUT2D eigenvalue weighted by atomic mass is 10.1. The summed E-state index contributed by atoms with van der Waals surface area (Å²) in [7, 11) is 2.38. The van der Waals surface area contributed by atoms with E-state index >= 15 is 0 Å². The smallest absolute Gasteiger partial charge is 0.354 e. The quantitative estimate of drug-likeness (QED) is 0.354. The van der Waals surface area contributed by atoms with Crippen molar-refractivity contribution in [1.82, 2.24) is 0 Å². The third kappa shape index (κ3) is 4.29. The predicted octanol–water partition coefficient (Wildman–Crippen LogP) is 2.15. The molecule has 9 nitrogen and oxygen atoms in total. The first-order valence-corrected chi connectivity index (χ1v) is 8.06. The zero-order valence-corrected chi connectivity index (χ0v) is 14.9. The van der Waals surface area contributed by atoms with Gasteiger partial charge >= 0.3 is 11.9 Å². The Kier molecular flexibility index (Phi) is 6.16. The van der Waals surface area contributed by atoms with Gasteiger partial charge in [-0.2, -0.15) is 0 Å². The van der Waals surface area contributed by atoms with Crippen molar-refractivity contribution >= 4 is 29.0 Å². The molecule has 0 atom stereocenters. The number of carbonyl (C=O) groups excluding carboxylic acids is 2. The minimum atomic E-state index is -0.754. The van der Waals surface area contributed by atoms with Crippen molar-refractivity contribution in [3.05, 3.63) is 39.6 Å². The van der Waals surface area contributed by atoms with Crippen LogP contribution in [0.4, 0.5) is 17.1 Å². The Balaban J connectivity index is 2.45. The highest BCUT2D eigenvalue weighted by Gasteiger charge is 2.25. The molecule has 1 fully saturated rings. The second-order valence-electron chi connectivity index (χ2n) is 5.80. The average Bonchev–Trinajstić information content (AvgIpc) is 3.15. The van der Waals surface area contributed by atoms with E-state index < -0.39 is 16.9 Å². The number of anilines is 2. The van der Waals surface area contributed by atoms with Crippen molar-refractivity contribution in [1.29, 1.82) is 0 Å². The number of methoxy groups -OCH3 is 2. The molecular formula is C17H21N3O6. The molecule has 0 amide bonds. The normalized spacial score (nSPS) is 14.1. The fourth-order valence-corrected chi connectivity index (χ4v) is 2.75. The number of nitrogens with zero attached hydrogens (tertiary/aromatic N) is 2. The van der Waals surface area contributed by atoms with E-state index in [1.165, 1.54) is 20.3 Å². The van der Waals surface area contributed by atoms with Crippen LogP contribution in [0.15, 0.2) is 23.9 Å². The summed E-state index contributed by atoms with van der Waals surface area (Å²) in [5.41, 5.74) is 1.38. The second-order valence-corrected chi connectivity index (χ2v) is 5.80. The molecule has 1 N–H and O–H groups in total. The second kappa shape index (κ2) is 8.32. The van der Waals surface area contributed by atoms with Gasteiger partial charge < -0.3 is 19.7 Å². The van der Waals surface area contributed by atoms with Gasteiger partial charge in [-0.1, -0.05) is 0 Å². The lowest BCUT2D eigenvalue weighted by molar-refractivity contribution is -0.384. The molecule has 1 heterocycles. The lowest BCUT2D eigenvalue weighted by Gasteiger charge is -2.20. The van der Waals surface area contributed by atoms with Gasteiger partial charge in [0.1, 0.15) is 11.4 Å². The summed E-state index contributed by atoms with van der Waals surface area (Å²) >= 11 is 0. The fourth-order valence-electron chi connectivity index (χ4n) is 2.75. The number of ether oxygens (including phenoxy) is 2. The molecule has 9 heteroatoms. The van der Waals surface area contributed by atoms with Crippen LogP contribution in [-0.4, -0.2) is 44.2 Å². The fraction of sp³-hybridized carbons (Fsp3) is 0.412. The van der Waals surface area contributed by atoms with Gasteiger partial charge in [0.2, 0.25) is 0 Å². The number of nitro benzene ring substituents is 1. The van der Waals surface area contributed by atoms with Gasteiger partial charge in [0.05, 0.1) is 25.2 Å². The zero-order chi connectivity index (χ0) is 19.3. The van der Waals surface area contributed by atoms with Gasteiger partial charge in [0.25, 0.3) is 5.69 Å². The topological polar surface area (TPSA) is 111 Å². The monoisotopic (exact) mass is 363 g/mol. The van der Waals surface area contributed by atoms with Gasteiger partial charge in [0, 0.05) is 24.8 Å². The molecule has 0 bridgehead atoms. The van der Waals surface area contributed by atoms with Crippen LogP contribution in [0.5, 0.6) is 0 Å². The van der Waals surface area contributed by atoms with E-state index in [1.54, 1.807) is 13.0 Å². The molecule has 0 unspecified atom stereocenters. The Morgan fingerprint density at radius 3 is 2.42 bits per heavy atom. The van der Waals surface area contributed by atoms with Crippen molar-refractivity contribution < 1.29 is 24.0 Å². The highest BCUT2D eigenvalue weighted by molar-refractivity contribution is 5.99. The van der Waals surface area contributed by atoms with Gasteiger partial charge in [0.15, 0.2) is 0 Å². The number of carbonyl (C=O) groups is 2. The van der Waals surface area contributed by atoms with E-state index in [1.807, 2.05) is 4.90 Å². The van der Waals surface area contributed by atoms with E-state index in [0.29, 0.717) is 16.9 Å². The minimum Gasteiger partial charge on any atom is -0.466 e. The van der Waals surface area contributed by atoms with Crippen molar-refractivity contribution in [2.75, 3.05) is 37.5 Å². The number of nitro groups is 1. The third-order valence-electron chi connectivity index (χ3n) is 4.10. The van der Waals surface area contributed by atoms with Crippen molar-refractivity contribution in [3.63, 3.8) is 0 Å². The molecule has 1 aromatic carbocycles. The van der Waals surface area contributed by atoms with Crippen LogP contribution >= 0.6 is 0 Å². The summed E-state index contributed by atoms with van der Waals surface area (Å²) in [6.45, 7) is 3.13. The van der Waals surface area contributed by atoms with Crippen LogP contribution in [0.1, 0.15) is 18.4 Å². The Morgan fingerprint density at radius 1 is 1.23 bits per heavy atom. The van der Waals surface area contributed by atoms with Crippen LogP contribution in [-0.2, 0) is 19.1 Å². The summed E-state index contributed by atoms with van der Waals surface area (Å²) in [6.07, 6.45) is 2.90. The molecule has 0 aromatic heterocycles. The summed E-state index contributed by atoms with van der Waals surface area (Å²) in [5.74, 6) is -1.48. The number of hydrogen-bond acceptors (Lipinski definition) is 8. The summed E-state index contributed by atoms with van der Waals surface area (Å²) in [5, 5.41) is 14.2. The van der Waals surface area contributed by atoms with Crippen LogP contribution in [0.3, 0.4) is 0 Å². The van der Waals surface area contributed by atoms with E-state index in [4.69, 9.17) is 0 Å². The molecule has 0 spiro atoms. The van der Waals surface area contributed by atoms with Gasteiger partial charge in [-0.15, -0.1) is 0 Å². The highest BCUT2D eigenvalue weighted by Crippen LogP contribution is 2.36. The first-order chi connectivity index (χ1) is 12.4. The average molecular weight is 363 g/mol. The Labute approximate surface area is 150 Å². The maximum absolute atomic E-state index is 11.9. The molecule has 0 saturated carbocycles. The predicted molar refractivity (Wildman–Crippen MR) is 95.0 cm³/mol. The standard InChI is InChI=1S/C17H21N3O6/c1-11-8-15(20(23)24)14(19-6-4-5-7-19)9-12(11)18-13(17(22)26-3)10-16(21)25-2/h8-10,18H,4-7H2,1-3H3/b13-10+. The van der Waals surface area contributed by atoms with Crippen LogP contribution in [0.2, 0.25) is 0 Å². The minimum absolute atomic E-state index is 0.00603. The maximum atomic E-state index is 11.9. The van der Waals surface area contributed by atoms with Crippen molar-refractivity contribution in [2.45, 2.75) is 19.8 Å². The van der Waals surface area contributed by atoms with Crippen LogP contribution in [0.25, 0.3) is 0 Å². The van der Waals surface area contributed by atoms with Crippen LogP contribution < -0.4 is 10.2 Å². The molecule has 1 aliphatic rings. The van der Waals surface area contributed by atoms with E-state index in [0.717, 1.165) is 32.0 Å². The van der Waals surface area contributed by atoms with Crippen molar-refractivity contribution in [3.8, 4) is 0 Å². The summed E-state index contributed by atoms with van der Waals surface area (Å²) < 4.78 is 9.20. The number of rotatable bonds is 6. The number of nitrogens with one attached hydrogen (secondary N) is 1. The maximum Gasteiger partial charge on any atom is 0.354 e. The van der Waals surface area contributed by atoms with Crippen molar-refractivity contribution in [2.24, 2.45) is 0 Å². The first kappa shape index (κ1) is 19.2. The molecule has 140 valence electrons. The van der Waals surface area contributed by atoms with E-state index in [9.17, 15) is 19.7 Å². The number of esters is 2. The zero-order valence-electron chi connectivity index (χ0n) is 14.9. The highest BCUT2D eigenvalue weighted by atomic mass is 16.6. The Hall–Kier alpha value is -3.10. The molecule has 1 saturated heterocycles. The SMILES string of the molecule is COC(=O)/C=C(/Nc1cc(N2CCCC2)c([N+](=O)[O-])cc1C)C(=O)OC.